The standard InChI is InChI=1S/C16H12BrClN2O/c1-9-12(3-2-4-13(9)18)15-14(16(19)20-21-15)10-5-7-11(17)8-6-10/h2-8H,1H3,(H2,19,20). The topological polar surface area (TPSA) is 52.0 Å². The molecule has 3 rings (SSSR count). The lowest BCUT2D eigenvalue weighted by molar-refractivity contribution is 0.436. The highest BCUT2D eigenvalue weighted by atomic mass is 79.9. The fourth-order valence-corrected chi connectivity index (χ4v) is 2.67. The summed E-state index contributed by atoms with van der Waals surface area (Å²) in [6, 6.07) is 13.5. The first-order chi connectivity index (χ1) is 10.1. The molecule has 0 unspecified atom stereocenters. The van der Waals surface area contributed by atoms with Crippen LogP contribution in [-0.2, 0) is 0 Å². The molecule has 0 amide bonds. The molecule has 5 heteroatoms. The smallest absolute Gasteiger partial charge is 0.177 e. The number of nitrogen functional groups attached to an aromatic ring is 1. The summed E-state index contributed by atoms with van der Waals surface area (Å²) in [4.78, 5) is 0. The lowest BCUT2D eigenvalue weighted by Gasteiger charge is -2.07. The van der Waals surface area contributed by atoms with Crippen molar-refractivity contribution in [2.24, 2.45) is 0 Å². The molecular formula is C16H12BrClN2O. The van der Waals surface area contributed by atoms with Crippen molar-refractivity contribution in [3.63, 3.8) is 0 Å². The molecule has 0 atom stereocenters. The van der Waals surface area contributed by atoms with Gasteiger partial charge in [0.1, 0.15) is 0 Å². The molecule has 2 N–H and O–H groups in total. The Balaban J connectivity index is 2.22. The van der Waals surface area contributed by atoms with Gasteiger partial charge in [0.25, 0.3) is 0 Å². The summed E-state index contributed by atoms with van der Waals surface area (Å²) >= 11 is 9.61. The number of hydrogen-bond acceptors (Lipinski definition) is 3. The molecule has 21 heavy (non-hydrogen) atoms. The van der Waals surface area contributed by atoms with E-state index in [4.69, 9.17) is 21.9 Å². The molecule has 0 bridgehead atoms. The highest BCUT2D eigenvalue weighted by molar-refractivity contribution is 9.10. The van der Waals surface area contributed by atoms with E-state index >= 15 is 0 Å². The predicted molar refractivity (Wildman–Crippen MR) is 89.2 cm³/mol. The Morgan fingerprint density at radius 1 is 1.14 bits per heavy atom. The zero-order valence-electron chi connectivity index (χ0n) is 11.2. The molecule has 3 aromatic rings. The van der Waals surface area contributed by atoms with Crippen molar-refractivity contribution in [2.45, 2.75) is 6.92 Å². The Hall–Kier alpha value is -1.78. The number of anilines is 1. The second-order valence-electron chi connectivity index (χ2n) is 4.69. The van der Waals surface area contributed by atoms with Crippen molar-refractivity contribution in [2.75, 3.05) is 5.73 Å². The van der Waals surface area contributed by atoms with Gasteiger partial charge in [0, 0.05) is 15.1 Å². The third-order valence-corrected chi connectivity index (χ3v) is 4.30. The average Bonchev–Trinajstić information content (AvgIpc) is 2.85. The average molecular weight is 364 g/mol. The number of nitrogens with two attached hydrogens (primary N) is 1. The summed E-state index contributed by atoms with van der Waals surface area (Å²) in [7, 11) is 0. The summed E-state index contributed by atoms with van der Waals surface area (Å²) in [6.07, 6.45) is 0. The van der Waals surface area contributed by atoms with Crippen LogP contribution in [0.15, 0.2) is 51.5 Å². The van der Waals surface area contributed by atoms with Crippen molar-refractivity contribution < 1.29 is 4.52 Å². The third kappa shape index (κ3) is 2.57. The Bertz CT molecular complexity index is 797. The molecule has 0 fully saturated rings. The van der Waals surface area contributed by atoms with Crippen LogP contribution in [0.5, 0.6) is 0 Å². The van der Waals surface area contributed by atoms with Gasteiger partial charge >= 0.3 is 0 Å². The number of hydrogen-bond donors (Lipinski definition) is 1. The van der Waals surface area contributed by atoms with Crippen LogP contribution < -0.4 is 5.73 Å². The molecule has 0 saturated carbocycles. The highest BCUT2D eigenvalue weighted by Crippen LogP contribution is 2.39. The molecule has 0 aliphatic heterocycles. The van der Waals surface area contributed by atoms with Gasteiger partial charge in [-0.3, -0.25) is 0 Å². The van der Waals surface area contributed by atoms with Gasteiger partial charge in [-0.25, -0.2) is 0 Å². The van der Waals surface area contributed by atoms with Gasteiger partial charge in [0.2, 0.25) is 0 Å². The van der Waals surface area contributed by atoms with Crippen LogP contribution in [0.25, 0.3) is 22.5 Å². The van der Waals surface area contributed by atoms with Crippen LogP contribution in [-0.4, -0.2) is 5.16 Å². The largest absolute Gasteiger partial charge is 0.380 e. The van der Waals surface area contributed by atoms with E-state index in [-0.39, 0.29) is 0 Å². The molecule has 0 aliphatic carbocycles. The molecule has 106 valence electrons. The van der Waals surface area contributed by atoms with Gasteiger partial charge in [-0.1, -0.05) is 57.0 Å². The number of rotatable bonds is 2. The minimum absolute atomic E-state index is 0.367. The molecule has 2 aromatic carbocycles. The molecule has 0 aliphatic rings. The van der Waals surface area contributed by atoms with E-state index in [2.05, 4.69) is 21.1 Å². The van der Waals surface area contributed by atoms with E-state index < -0.39 is 0 Å². The van der Waals surface area contributed by atoms with Gasteiger partial charge < -0.3 is 10.3 Å². The summed E-state index contributed by atoms with van der Waals surface area (Å²) in [6.45, 7) is 1.95. The van der Waals surface area contributed by atoms with Gasteiger partial charge in [-0.05, 0) is 36.2 Å². The van der Waals surface area contributed by atoms with Crippen LogP contribution >= 0.6 is 27.5 Å². The van der Waals surface area contributed by atoms with E-state index in [1.807, 2.05) is 49.4 Å². The minimum Gasteiger partial charge on any atom is -0.380 e. The molecule has 1 heterocycles. The van der Waals surface area contributed by atoms with E-state index in [1.165, 1.54) is 0 Å². The Morgan fingerprint density at radius 3 is 2.57 bits per heavy atom. The Labute approximate surface area is 135 Å². The zero-order chi connectivity index (χ0) is 15.0. The SMILES string of the molecule is Cc1c(Cl)cccc1-c1onc(N)c1-c1ccc(Br)cc1. The first-order valence-corrected chi connectivity index (χ1v) is 7.51. The van der Waals surface area contributed by atoms with Gasteiger partial charge in [0.15, 0.2) is 11.6 Å². The van der Waals surface area contributed by atoms with Crippen molar-refractivity contribution in [1.82, 2.24) is 5.16 Å². The van der Waals surface area contributed by atoms with Gasteiger partial charge in [-0.15, -0.1) is 0 Å². The van der Waals surface area contributed by atoms with Gasteiger partial charge in [-0.2, -0.15) is 0 Å². The van der Waals surface area contributed by atoms with Crippen molar-refractivity contribution in [3.05, 3.63) is 57.5 Å². The van der Waals surface area contributed by atoms with Crippen molar-refractivity contribution >= 4 is 33.3 Å². The quantitative estimate of drug-likeness (QED) is 0.671. The lowest BCUT2D eigenvalue weighted by atomic mass is 9.99. The second-order valence-corrected chi connectivity index (χ2v) is 6.01. The fourth-order valence-electron chi connectivity index (χ4n) is 2.24. The maximum atomic E-state index is 6.19. The molecule has 0 saturated heterocycles. The lowest BCUT2D eigenvalue weighted by Crippen LogP contribution is -1.90. The fraction of sp³-hybridized carbons (Fsp3) is 0.0625. The van der Waals surface area contributed by atoms with E-state index in [1.54, 1.807) is 0 Å². The second kappa shape index (κ2) is 5.54. The van der Waals surface area contributed by atoms with Crippen LogP contribution in [0, 0.1) is 6.92 Å². The third-order valence-electron chi connectivity index (χ3n) is 3.36. The number of nitrogens with zero attached hydrogens (tertiary/aromatic N) is 1. The normalized spacial score (nSPS) is 10.8. The van der Waals surface area contributed by atoms with Crippen LogP contribution in [0.1, 0.15) is 5.56 Å². The van der Waals surface area contributed by atoms with E-state index in [0.29, 0.717) is 16.6 Å². The van der Waals surface area contributed by atoms with Crippen LogP contribution in [0.2, 0.25) is 5.02 Å². The molecule has 0 spiro atoms. The maximum absolute atomic E-state index is 6.19. The summed E-state index contributed by atoms with van der Waals surface area (Å²) in [5, 5.41) is 4.59. The Morgan fingerprint density at radius 2 is 1.86 bits per heavy atom. The summed E-state index contributed by atoms with van der Waals surface area (Å²) in [5.41, 5.74) is 9.55. The maximum Gasteiger partial charge on any atom is 0.177 e. The molecule has 1 aromatic heterocycles. The first-order valence-electron chi connectivity index (χ1n) is 6.34. The highest BCUT2D eigenvalue weighted by Gasteiger charge is 2.19. The summed E-state index contributed by atoms with van der Waals surface area (Å²) < 4.78 is 6.46. The summed E-state index contributed by atoms with van der Waals surface area (Å²) in [5.74, 6) is 1.00. The van der Waals surface area contributed by atoms with Crippen LogP contribution in [0.3, 0.4) is 0 Å². The van der Waals surface area contributed by atoms with E-state index in [0.717, 1.165) is 26.7 Å². The monoisotopic (exact) mass is 362 g/mol. The zero-order valence-corrected chi connectivity index (χ0v) is 13.6. The Kier molecular flexibility index (Phi) is 3.74. The van der Waals surface area contributed by atoms with Crippen LogP contribution in [0.4, 0.5) is 5.82 Å². The number of aromatic nitrogens is 1. The number of halogens is 2. The molecular weight excluding hydrogens is 352 g/mol. The molecule has 3 nitrogen and oxygen atoms in total. The first kappa shape index (κ1) is 14.2. The van der Waals surface area contributed by atoms with E-state index in [9.17, 15) is 0 Å². The minimum atomic E-state index is 0.367. The predicted octanol–water partition coefficient (Wildman–Crippen LogP) is 5.32. The number of benzene rings is 2. The van der Waals surface area contributed by atoms with Crippen molar-refractivity contribution in [1.29, 1.82) is 0 Å². The van der Waals surface area contributed by atoms with Gasteiger partial charge in [0.05, 0.1) is 5.56 Å². The van der Waals surface area contributed by atoms with Crippen molar-refractivity contribution in [3.8, 4) is 22.5 Å². The molecule has 0 radical (unpaired) electrons.